The van der Waals surface area contributed by atoms with Gasteiger partial charge in [0.05, 0.1) is 17.5 Å². The minimum Gasteiger partial charge on any atom is -0.477 e. The van der Waals surface area contributed by atoms with Gasteiger partial charge in [-0.25, -0.2) is 14.5 Å². The van der Waals surface area contributed by atoms with Crippen LogP contribution in [0.15, 0.2) is 30.3 Å². The number of benzene rings is 1. The van der Waals surface area contributed by atoms with E-state index in [0.717, 1.165) is 74.9 Å². The van der Waals surface area contributed by atoms with E-state index >= 15 is 0 Å². The molecular formula is C28H37N5O3. The molecule has 3 aromatic rings. The van der Waals surface area contributed by atoms with Crippen molar-refractivity contribution in [1.29, 1.82) is 0 Å². The fraction of sp³-hybridized carbons (Fsp3) is 0.536. The molecule has 8 heteroatoms. The summed E-state index contributed by atoms with van der Waals surface area (Å²) in [6.07, 6.45) is 5.51. The fourth-order valence-electron chi connectivity index (χ4n) is 5.38. The molecule has 0 amide bonds. The Labute approximate surface area is 212 Å². The summed E-state index contributed by atoms with van der Waals surface area (Å²) in [5.41, 5.74) is 3.65. The van der Waals surface area contributed by atoms with Gasteiger partial charge in [0.25, 0.3) is 0 Å². The average Bonchev–Trinajstić information content (AvgIpc) is 3.23. The van der Waals surface area contributed by atoms with Crippen molar-refractivity contribution >= 4 is 17.0 Å². The highest BCUT2D eigenvalue weighted by Crippen LogP contribution is 2.39. The molecule has 0 bridgehead atoms. The lowest BCUT2D eigenvalue weighted by Gasteiger charge is -2.32. The van der Waals surface area contributed by atoms with Gasteiger partial charge in [-0.05, 0) is 50.9 Å². The van der Waals surface area contributed by atoms with Crippen LogP contribution < -0.4 is 4.74 Å². The number of aromatic nitrogens is 3. The maximum Gasteiger partial charge on any atom is 0.354 e. The first-order chi connectivity index (χ1) is 17.4. The van der Waals surface area contributed by atoms with Crippen molar-refractivity contribution in [1.82, 2.24) is 24.6 Å². The zero-order valence-electron chi connectivity index (χ0n) is 21.6. The standard InChI is InChI=1S/C28H37N5O3/c1-19(2)36-27-25-23(21-11-9-20(10-12-21)18-32-15-13-31(3)14-16-32)17-24(28(34)35)29-26(25)33(30-27)22-7-5-4-6-8-22/h9-12,17,19,22H,4-8,13-16,18H2,1-3H3,(H,34,35). The first-order valence-electron chi connectivity index (χ1n) is 13.2. The second-order valence-electron chi connectivity index (χ2n) is 10.5. The smallest absolute Gasteiger partial charge is 0.354 e. The Morgan fingerprint density at radius 1 is 1.08 bits per heavy atom. The van der Waals surface area contributed by atoms with Gasteiger partial charge in [-0.1, -0.05) is 43.5 Å². The van der Waals surface area contributed by atoms with Crippen LogP contribution in [-0.2, 0) is 6.54 Å². The van der Waals surface area contributed by atoms with Gasteiger partial charge in [-0.15, -0.1) is 5.10 Å². The Morgan fingerprint density at radius 3 is 2.42 bits per heavy atom. The number of carboxylic acid groups (broad SMARTS) is 1. The summed E-state index contributed by atoms with van der Waals surface area (Å²) in [7, 11) is 2.17. The van der Waals surface area contributed by atoms with Crippen LogP contribution in [0.1, 0.15) is 68.0 Å². The largest absolute Gasteiger partial charge is 0.477 e. The van der Waals surface area contributed by atoms with Crippen LogP contribution in [0.5, 0.6) is 5.88 Å². The van der Waals surface area contributed by atoms with E-state index in [1.807, 2.05) is 18.5 Å². The molecule has 0 atom stereocenters. The van der Waals surface area contributed by atoms with Crippen molar-refractivity contribution in [2.24, 2.45) is 0 Å². The molecule has 192 valence electrons. The first kappa shape index (κ1) is 24.7. The molecule has 1 N–H and O–H groups in total. The number of rotatable bonds is 7. The monoisotopic (exact) mass is 491 g/mol. The Balaban J connectivity index is 1.56. The molecule has 2 aliphatic rings. The second-order valence-corrected chi connectivity index (χ2v) is 10.5. The summed E-state index contributed by atoms with van der Waals surface area (Å²) in [4.78, 5) is 21.5. The summed E-state index contributed by atoms with van der Waals surface area (Å²) in [5.74, 6) is -0.501. The van der Waals surface area contributed by atoms with Gasteiger partial charge >= 0.3 is 5.97 Å². The molecule has 3 heterocycles. The van der Waals surface area contributed by atoms with E-state index in [4.69, 9.17) is 9.84 Å². The predicted octanol–water partition coefficient (Wildman–Crippen LogP) is 4.84. The summed E-state index contributed by atoms with van der Waals surface area (Å²) >= 11 is 0. The van der Waals surface area contributed by atoms with E-state index in [1.165, 1.54) is 12.0 Å². The Kier molecular flexibility index (Phi) is 7.25. The molecule has 8 nitrogen and oxygen atoms in total. The maximum atomic E-state index is 12.1. The highest BCUT2D eigenvalue weighted by Gasteiger charge is 2.26. The van der Waals surface area contributed by atoms with Crippen molar-refractivity contribution < 1.29 is 14.6 Å². The number of carbonyl (C=O) groups is 1. The van der Waals surface area contributed by atoms with Crippen molar-refractivity contribution in [2.75, 3.05) is 33.2 Å². The minimum absolute atomic E-state index is 0.0343. The summed E-state index contributed by atoms with van der Waals surface area (Å²) < 4.78 is 8.10. The van der Waals surface area contributed by atoms with E-state index in [-0.39, 0.29) is 17.8 Å². The van der Waals surface area contributed by atoms with Gasteiger partial charge in [-0.2, -0.15) is 0 Å². The van der Waals surface area contributed by atoms with Crippen molar-refractivity contribution in [2.45, 2.75) is 64.6 Å². The third kappa shape index (κ3) is 5.25. The number of hydrogen-bond donors (Lipinski definition) is 1. The SMILES string of the molecule is CC(C)Oc1nn(C2CCCCC2)c2nc(C(=O)O)cc(-c3ccc(CN4CCN(C)CC4)cc3)c12. The fourth-order valence-corrected chi connectivity index (χ4v) is 5.38. The zero-order chi connectivity index (χ0) is 25.2. The van der Waals surface area contributed by atoms with E-state index in [0.29, 0.717) is 11.5 Å². The molecule has 0 unspecified atom stereocenters. The van der Waals surface area contributed by atoms with Crippen LogP contribution in [0, 0.1) is 0 Å². The lowest BCUT2D eigenvalue weighted by atomic mass is 9.95. The number of carboxylic acids is 1. The summed E-state index contributed by atoms with van der Waals surface area (Å²) in [6, 6.07) is 10.3. The molecule has 1 saturated heterocycles. The van der Waals surface area contributed by atoms with Crippen LogP contribution >= 0.6 is 0 Å². The van der Waals surface area contributed by atoms with E-state index < -0.39 is 5.97 Å². The third-order valence-electron chi connectivity index (χ3n) is 7.38. The molecule has 2 fully saturated rings. The van der Waals surface area contributed by atoms with Crippen LogP contribution in [-0.4, -0.2) is 75.0 Å². The number of aromatic carboxylic acids is 1. The van der Waals surface area contributed by atoms with Gasteiger partial charge < -0.3 is 14.7 Å². The Morgan fingerprint density at radius 2 is 1.78 bits per heavy atom. The molecule has 2 aromatic heterocycles. The van der Waals surface area contributed by atoms with Gasteiger partial charge in [0.15, 0.2) is 11.3 Å². The normalized spacial score (nSPS) is 18.2. The van der Waals surface area contributed by atoms with Gasteiger partial charge in [0, 0.05) is 38.3 Å². The molecule has 0 radical (unpaired) electrons. The minimum atomic E-state index is -1.03. The van der Waals surface area contributed by atoms with E-state index in [2.05, 4.69) is 46.1 Å². The average molecular weight is 492 g/mol. The molecule has 1 aromatic carbocycles. The highest BCUT2D eigenvalue weighted by atomic mass is 16.5. The predicted molar refractivity (Wildman–Crippen MR) is 141 cm³/mol. The quantitative estimate of drug-likeness (QED) is 0.506. The third-order valence-corrected chi connectivity index (χ3v) is 7.38. The number of likely N-dealkylation sites (N-methyl/N-ethyl adjacent to an activating group) is 1. The number of hydrogen-bond acceptors (Lipinski definition) is 6. The summed E-state index contributed by atoms with van der Waals surface area (Å²) in [5, 5.41) is 15.5. The van der Waals surface area contributed by atoms with Crippen LogP contribution in [0.3, 0.4) is 0 Å². The number of nitrogens with zero attached hydrogens (tertiary/aromatic N) is 5. The van der Waals surface area contributed by atoms with E-state index in [1.54, 1.807) is 6.07 Å². The molecule has 1 aliphatic carbocycles. The molecule has 5 rings (SSSR count). The Hall–Kier alpha value is -2.97. The van der Waals surface area contributed by atoms with Gasteiger partial charge in [0.1, 0.15) is 0 Å². The zero-order valence-corrected chi connectivity index (χ0v) is 21.6. The lowest BCUT2D eigenvalue weighted by molar-refractivity contribution is 0.0691. The topological polar surface area (TPSA) is 83.7 Å². The number of piperazine rings is 1. The molecular weight excluding hydrogens is 454 g/mol. The first-order valence-corrected chi connectivity index (χ1v) is 13.2. The maximum absolute atomic E-state index is 12.1. The van der Waals surface area contributed by atoms with Crippen LogP contribution in [0.4, 0.5) is 0 Å². The van der Waals surface area contributed by atoms with Crippen molar-refractivity contribution in [3.05, 3.63) is 41.6 Å². The Bertz CT molecular complexity index is 1210. The number of fused-ring (bicyclic) bond motifs is 1. The molecule has 0 spiro atoms. The number of ether oxygens (including phenoxy) is 1. The molecule has 1 saturated carbocycles. The van der Waals surface area contributed by atoms with Gasteiger partial charge in [-0.3, -0.25) is 4.90 Å². The second kappa shape index (κ2) is 10.6. The molecule has 36 heavy (non-hydrogen) atoms. The van der Waals surface area contributed by atoms with Gasteiger partial charge in [0.2, 0.25) is 5.88 Å². The van der Waals surface area contributed by atoms with Crippen LogP contribution in [0.25, 0.3) is 22.2 Å². The highest BCUT2D eigenvalue weighted by molar-refractivity contribution is 6.01. The molecule has 1 aliphatic heterocycles. The van der Waals surface area contributed by atoms with E-state index in [9.17, 15) is 9.90 Å². The summed E-state index contributed by atoms with van der Waals surface area (Å²) in [6.45, 7) is 9.21. The number of pyridine rings is 1. The van der Waals surface area contributed by atoms with Crippen molar-refractivity contribution in [3.8, 4) is 17.0 Å². The van der Waals surface area contributed by atoms with Crippen LogP contribution in [0.2, 0.25) is 0 Å². The van der Waals surface area contributed by atoms with Crippen molar-refractivity contribution in [3.63, 3.8) is 0 Å². The lowest BCUT2D eigenvalue weighted by Crippen LogP contribution is -2.43.